The zero-order valence-electron chi connectivity index (χ0n) is 31.7. The van der Waals surface area contributed by atoms with Crippen molar-refractivity contribution in [3.8, 4) is 22.1 Å². The Labute approximate surface area is 340 Å². The second-order valence-corrected chi connectivity index (χ2v) is 17.0. The van der Waals surface area contributed by atoms with E-state index in [0.717, 1.165) is 31.0 Å². The molecule has 3 aromatic carbocycles. The maximum Gasteiger partial charge on any atom is 0.271 e. The van der Waals surface area contributed by atoms with Crippen LogP contribution < -0.4 is 14.5 Å². The van der Waals surface area contributed by atoms with Gasteiger partial charge in [-0.25, -0.2) is 9.80 Å². The van der Waals surface area contributed by atoms with Gasteiger partial charge in [0.2, 0.25) is 23.6 Å². The summed E-state index contributed by atoms with van der Waals surface area (Å²) in [5, 5.41) is 28.3. The summed E-state index contributed by atoms with van der Waals surface area (Å²) in [6, 6.07) is 17.7. The van der Waals surface area contributed by atoms with E-state index in [1.54, 1.807) is 49.6 Å². The Morgan fingerprint density at radius 3 is 2.57 bits per heavy atom. The molecular formula is C43H36ClN5O8S. The molecule has 2 saturated heterocycles. The number of carbonyl (C=O) groups excluding carboxylic acids is 4. The summed E-state index contributed by atoms with van der Waals surface area (Å²) in [7, 11) is 3.13. The van der Waals surface area contributed by atoms with Crippen molar-refractivity contribution >= 4 is 79.9 Å². The van der Waals surface area contributed by atoms with Crippen LogP contribution in [0.4, 0.5) is 17.2 Å². The standard InChI is InChI=1S/C43H36ClN5O8S/c1-21-28-17-23(44)10-15-35(28)58-38(21)32-20-36(46(3)45-32)48-40(52)31-19-29-26(30(43(31,2)42(48)54)13-8-22-9-14-33(50)34(16-22)57-4)11-12-27-37(29)41(53)47(39(27)51)24-6-5-7-25(18-24)49(55)56/h5-11,13-18,20,27,29-31,37,50H,12,19H2,1-4H3. The number of carbonyl (C=O) groups is 4. The number of phenolic OH excluding ortho intramolecular Hbond substituents is 1. The number of imide groups is 2. The molecule has 6 unspecified atom stereocenters. The number of benzene rings is 3. The average molecular weight is 818 g/mol. The Hall–Kier alpha value is -6.12. The number of hydrogen-bond acceptors (Lipinski definition) is 10. The Bertz CT molecular complexity index is 2720. The van der Waals surface area contributed by atoms with Crippen molar-refractivity contribution in [3.63, 3.8) is 0 Å². The van der Waals surface area contributed by atoms with E-state index in [2.05, 4.69) is 0 Å². The van der Waals surface area contributed by atoms with Gasteiger partial charge in [-0.1, -0.05) is 47.5 Å². The highest BCUT2D eigenvalue weighted by Gasteiger charge is 2.67. The minimum absolute atomic E-state index is 0.0412. The number of aromatic hydroxyl groups is 1. The van der Waals surface area contributed by atoms with Gasteiger partial charge in [-0.15, -0.1) is 11.3 Å². The molecule has 58 heavy (non-hydrogen) atoms. The number of phenols is 1. The summed E-state index contributed by atoms with van der Waals surface area (Å²) in [5.74, 6) is -5.04. The van der Waals surface area contributed by atoms with Gasteiger partial charge in [0.05, 0.1) is 45.8 Å². The molecule has 4 amide bonds. The van der Waals surface area contributed by atoms with Gasteiger partial charge in [0.1, 0.15) is 11.5 Å². The van der Waals surface area contributed by atoms with Crippen LogP contribution in [0.1, 0.15) is 30.9 Å². The molecule has 2 aromatic heterocycles. The highest BCUT2D eigenvalue weighted by atomic mass is 35.5. The smallest absolute Gasteiger partial charge is 0.271 e. The summed E-state index contributed by atoms with van der Waals surface area (Å²) < 4.78 is 7.89. The molecule has 6 atom stereocenters. The number of hydrogen-bond donors (Lipinski definition) is 1. The van der Waals surface area contributed by atoms with Crippen LogP contribution in [-0.4, -0.2) is 50.5 Å². The molecule has 1 N–H and O–H groups in total. The first kappa shape index (κ1) is 37.5. The zero-order chi connectivity index (χ0) is 40.9. The maximum atomic E-state index is 15.1. The van der Waals surface area contributed by atoms with E-state index >= 15 is 4.79 Å². The van der Waals surface area contributed by atoms with Crippen LogP contribution in [0.5, 0.6) is 11.5 Å². The van der Waals surface area contributed by atoms with E-state index in [9.17, 15) is 29.6 Å². The summed E-state index contributed by atoms with van der Waals surface area (Å²) in [6.07, 6.45) is 5.94. The number of nitro groups is 1. The number of anilines is 2. The second kappa shape index (κ2) is 13.5. The summed E-state index contributed by atoms with van der Waals surface area (Å²) in [6.45, 7) is 3.78. The van der Waals surface area contributed by atoms with E-state index in [1.807, 2.05) is 37.3 Å². The minimum atomic E-state index is -1.30. The molecule has 4 aliphatic rings. The molecule has 0 spiro atoms. The monoisotopic (exact) mass is 817 g/mol. The molecule has 13 nitrogen and oxygen atoms in total. The number of halogens is 1. The van der Waals surface area contributed by atoms with Crippen molar-refractivity contribution in [2.45, 2.75) is 26.7 Å². The first-order valence-corrected chi connectivity index (χ1v) is 19.9. The van der Waals surface area contributed by atoms with Crippen molar-refractivity contribution in [1.29, 1.82) is 0 Å². The molecular weight excluding hydrogens is 782 g/mol. The van der Waals surface area contributed by atoms with Crippen molar-refractivity contribution in [1.82, 2.24) is 9.78 Å². The molecule has 9 rings (SSSR count). The number of ether oxygens (including phenoxy) is 1. The van der Waals surface area contributed by atoms with Gasteiger partial charge in [-0.05, 0) is 85.5 Å². The number of aryl methyl sites for hydroxylation is 2. The number of non-ortho nitro benzene ring substituents is 1. The molecule has 0 bridgehead atoms. The van der Waals surface area contributed by atoms with Gasteiger partial charge in [-0.3, -0.25) is 34.0 Å². The fourth-order valence-corrected chi connectivity index (χ4v) is 11.0. The quantitative estimate of drug-likeness (QED) is 0.0745. The summed E-state index contributed by atoms with van der Waals surface area (Å²) in [4.78, 5) is 72.6. The van der Waals surface area contributed by atoms with Gasteiger partial charge in [0.15, 0.2) is 11.5 Å². The largest absolute Gasteiger partial charge is 0.504 e. The molecule has 4 heterocycles. The number of amides is 4. The number of rotatable bonds is 7. The van der Waals surface area contributed by atoms with Crippen LogP contribution >= 0.6 is 22.9 Å². The predicted molar refractivity (Wildman–Crippen MR) is 218 cm³/mol. The van der Waals surface area contributed by atoms with E-state index in [-0.39, 0.29) is 35.7 Å². The molecule has 294 valence electrons. The van der Waals surface area contributed by atoms with Crippen LogP contribution in [0.25, 0.3) is 26.7 Å². The van der Waals surface area contributed by atoms with Crippen molar-refractivity contribution in [3.05, 3.63) is 111 Å². The first-order chi connectivity index (χ1) is 27.7. The van der Waals surface area contributed by atoms with Crippen molar-refractivity contribution in [2.24, 2.45) is 42.1 Å². The Kier molecular flexibility index (Phi) is 8.71. The lowest BCUT2D eigenvalue weighted by atomic mass is 9.52. The average Bonchev–Trinajstić information content (AvgIpc) is 3.88. The van der Waals surface area contributed by atoms with Gasteiger partial charge >= 0.3 is 0 Å². The topological polar surface area (TPSA) is 165 Å². The van der Waals surface area contributed by atoms with Crippen LogP contribution in [0.3, 0.4) is 0 Å². The van der Waals surface area contributed by atoms with Gasteiger partial charge in [0, 0.05) is 40.9 Å². The SMILES string of the molecule is COc1cc(C=CC2C3=CCC4C(=O)N(c5cccc([N+](=O)[O-])c5)C(=O)C4C3CC3C(=O)N(c4cc(-c5sc6ccc(Cl)cc6c5C)nn4C)C(=O)C23C)ccc1O. The molecule has 0 radical (unpaired) electrons. The number of methoxy groups -OCH3 is 1. The van der Waals surface area contributed by atoms with Gasteiger partial charge in [-0.2, -0.15) is 5.10 Å². The highest BCUT2D eigenvalue weighted by molar-refractivity contribution is 7.22. The molecule has 5 aromatic rings. The lowest BCUT2D eigenvalue weighted by Gasteiger charge is -2.47. The molecule has 2 aliphatic carbocycles. The number of nitro benzene ring substituents is 1. The third-order valence-corrected chi connectivity index (χ3v) is 14.1. The van der Waals surface area contributed by atoms with Crippen molar-refractivity contribution < 1.29 is 33.9 Å². The van der Waals surface area contributed by atoms with E-state index in [4.69, 9.17) is 21.4 Å². The molecule has 15 heteroatoms. The van der Waals surface area contributed by atoms with E-state index in [0.29, 0.717) is 22.1 Å². The van der Waals surface area contributed by atoms with Crippen LogP contribution in [0.15, 0.2) is 84.5 Å². The third kappa shape index (κ3) is 5.45. The number of thiophene rings is 1. The lowest BCUT2D eigenvalue weighted by Crippen LogP contribution is -2.49. The molecule has 3 fully saturated rings. The van der Waals surface area contributed by atoms with Crippen LogP contribution in [-0.2, 0) is 26.2 Å². The minimum Gasteiger partial charge on any atom is -0.504 e. The number of nitrogens with zero attached hydrogens (tertiary/aromatic N) is 5. The third-order valence-electron chi connectivity index (χ3n) is 12.5. The fraction of sp³-hybridized carbons (Fsp3) is 0.279. The van der Waals surface area contributed by atoms with Gasteiger partial charge in [0.25, 0.3) is 5.69 Å². The highest BCUT2D eigenvalue weighted by Crippen LogP contribution is 2.61. The van der Waals surface area contributed by atoms with E-state index < -0.39 is 63.6 Å². The number of aromatic nitrogens is 2. The number of allylic oxidation sites excluding steroid dienone is 3. The van der Waals surface area contributed by atoms with Crippen LogP contribution in [0.2, 0.25) is 5.02 Å². The van der Waals surface area contributed by atoms with Crippen LogP contribution in [0, 0.1) is 52.0 Å². The molecule has 2 aliphatic heterocycles. The van der Waals surface area contributed by atoms with E-state index in [1.165, 1.54) is 47.0 Å². The summed E-state index contributed by atoms with van der Waals surface area (Å²) >= 11 is 7.86. The molecule has 1 saturated carbocycles. The first-order valence-electron chi connectivity index (χ1n) is 18.7. The number of fused-ring (bicyclic) bond motifs is 5. The second-order valence-electron chi connectivity index (χ2n) is 15.5. The Balaban J connectivity index is 1.13. The summed E-state index contributed by atoms with van der Waals surface area (Å²) in [5.41, 5.74) is 1.57. The predicted octanol–water partition coefficient (Wildman–Crippen LogP) is 7.87. The normalized spacial score (nSPS) is 25.4. The lowest BCUT2D eigenvalue weighted by molar-refractivity contribution is -0.384. The Morgan fingerprint density at radius 1 is 1.02 bits per heavy atom. The zero-order valence-corrected chi connectivity index (χ0v) is 33.3. The van der Waals surface area contributed by atoms with Gasteiger partial charge < -0.3 is 9.84 Å². The fourth-order valence-electron chi connectivity index (χ4n) is 9.66. The Morgan fingerprint density at radius 2 is 1.81 bits per heavy atom. The van der Waals surface area contributed by atoms with Crippen molar-refractivity contribution in [2.75, 3.05) is 16.9 Å². The maximum absolute atomic E-state index is 15.1.